The molecule has 2 aromatic heterocycles. The summed E-state index contributed by atoms with van der Waals surface area (Å²) in [5, 5.41) is 12.2. The van der Waals surface area contributed by atoms with Gasteiger partial charge in [0.1, 0.15) is 11.2 Å². The van der Waals surface area contributed by atoms with Crippen LogP contribution < -0.4 is 4.90 Å². The van der Waals surface area contributed by atoms with Crippen molar-refractivity contribution < 1.29 is 4.42 Å². The highest BCUT2D eigenvalue weighted by Crippen LogP contribution is 2.46. The maximum atomic E-state index is 6.69. The smallest absolute Gasteiger partial charge is 0.143 e. The van der Waals surface area contributed by atoms with Crippen LogP contribution in [0.3, 0.4) is 0 Å². The zero-order valence-electron chi connectivity index (χ0n) is 30.8. The lowest BCUT2D eigenvalue weighted by molar-refractivity contribution is 0.672. The van der Waals surface area contributed by atoms with Gasteiger partial charge in [-0.05, 0) is 110 Å². The number of furan rings is 1. The van der Waals surface area contributed by atoms with Gasteiger partial charge in [0.25, 0.3) is 0 Å². The second-order valence-corrected chi connectivity index (χ2v) is 15.9. The number of anilines is 3. The summed E-state index contributed by atoms with van der Waals surface area (Å²) in [5.74, 6) is 0. The first-order chi connectivity index (χ1) is 28.2. The van der Waals surface area contributed by atoms with Gasteiger partial charge < -0.3 is 9.32 Å². The predicted octanol–water partition coefficient (Wildman–Crippen LogP) is 16.2. The van der Waals surface area contributed by atoms with Crippen LogP contribution in [0.5, 0.6) is 0 Å². The largest absolute Gasteiger partial charge is 0.455 e. The van der Waals surface area contributed by atoms with Gasteiger partial charge in [-0.25, -0.2) is 0 Å². The Kier molecular flexibility index (Phi) is 7.13. The summed E-state index contributed by atoms with van der Waals surface area (Å²) in [4.78, 5) is 2.38. The normalized spacial score (nSPS) is 11.9. The van der Waals surface area contributed by atoms with E-state index in [0.717, 1.165) is 44.4 Å². The Labute approximate surface area is 333 Å². The zero-order chi connectivity index (χ0) is 37.5. The average Bonchev–Trinajstić information content (AvgIpc) is 3.86. The van der Waals surface area contributed by atoms with Gasteiger partial charge in [0.15, 0.2) is 0 Å². The van der Waals surface area contributed by atoms with Gasteiger partial charge in [0, 0.05) is 42.3 Å². The number of hydrogen-bond acceptors (Lipinski definition) is 3. The summed E-state index contributed by atoms with van der Waals surface area (Å²) in [6, 6.07) is 72.7. The van der Waals surface area contributed by atoms with Crippen molar-refractivity contribution in [3.63, 3.8) is 0 Å². The summed E-state index contributed by atoms with van der Waals surface area (Å²) in [6.07, 6.45) is 0. The van der Waals surface area contributed by atoms with E-state index in [1.54, 1.807) is 0 Å². The molecule has 0 aliphatic carbocycles. The van der Waals surface area contributed by atoms with Gasteiger partial charge in [0.05, 0.1) is 11.1 Å². The molecule has 0 atom stereocenters. The van der Waals surface area contributed by atoms with E-state index in [1.807, 2.05) is 11.3 Å². The lowest BCUT2D eigenvalue weighted by Crippen LogP contribution is -2.10. The molecular formula is C54H33NOS. The third kappa shape index (κ3) is 5.10. The molecule has 0 saturated carbocycles. The van der Waals surface area contributed by atoms with E-state index >= 15 is 0 Å². The molecule has 0 bridgehead atoms. The van der Waals surface area contributed by atoms with Crippen molar-refractivity contribution >= 4 is 103 Å². The van der Waals surface area contributed by atoms with Crippen molar-refractivity contribution in [2.24, 2.45) is 0 Å². The van der Waals surface area contributed by atoms with E-state index in [2.05, 4.69) is 205 Å². The van der Waals surface area contributed by atoms with Gasteiger partial charge in [-0.2, -0.15) is 0 Å². The van der Waals surface area contributed by atoms with Crippen LogP contribution in [0.15, 0.2) is 205 Å². The van der Waals surface area contributed by atoms with E-state index in [0.29, 0.717) is 0 Å². The molecule has 0 amide bonds. The molecule has 2 nitrogen and oxygen atoms in total. The van der Waals surface area contributed by atoms with Gasteiger partial charge >= 0.3 is 0 Å². The van der Waals surface area contributed by atoms with Crippen molar-refractivity contribution in [2.45, 2.75) is 0 Å². The minimum Gasteiger partial charge on any atom is -0.455 e. The fourth-order valence-electron chi connectivity index (χ4n) is 8.95. The summed E-state index contributed by atoms with van der Waals surface area (Å²) in [5.41, 5.74) is 9.85. The van der Waals surface area contributed by atoms with Crippen LogP contribution in [0, 0.1) is 0 Å². The Bertz CT molecular complexity index is 3520. The number of nitrogens with zero attached hydrogens (tertiary/aromatic N) is 1. The first-order valence-corrected chi connectivity index (χ1v) is 20.2. The molecular weight excluding hydrogens is 711 g/mol. The van der Waals surface area contributed by atoms with Crippen molar-refractivity contribution in [1.82, 2.24) is 0 Å². The average molecular weight is 744 g/mol. The quantitative estimate of drug-likeness (QED) is 0.163. The molecule has 10 aromatic carbocycles. The second-order valence-electron chi connectivity index (χ2n) is 14.8. The lowest BCUT2D eigenvalue weighted by atomic mass is 9.97. The highest BCUT2D eigenvalue weighted by atomic mass is 32.1. The fraction of sp³-hybridized carbons (Fsp3) is 0. The first kappa shape index (κ1) is 32.1. The molecule has 57 heavy (non-hydrogen) atoms. The molecule has 0 spiro atoms. The molecule has 0 radical (unpaired) electrons. The Balaban J connectivity index is 1.01. The van der Waals surface area contributed by atoms with Gasteiger partial charge in [-0.15, -0.1) is 11.3 Å². The van der Waals surface area contributed by atoms with E-state index in [4.69, 9.17) is 4.42 Å². The summed E-state index contributed by atoms with van der Waals surface area (Å²) in [7, 11) is 0. The van der Waals surface area contributed by atoms with Crippen molar-refractivity contribution in [3.05, 3.63) is 200 Å². The molecule has 0 aliphatic rings. The minimum absolute atomic E-state index is 0.872. The molecule has 266 valence electrons. The third-order valence-corrected chi connectivity index (χ3v) is 12.8. The molecule has 0 fully saturated rings. The van der Waals surface area contributed by atoms with Crippen LogP contribution >= 0.6 is 11.3 Å². The van der Waals surface area contributed by atoms with Crippen LogP contribution in [0.25, 0.3) is 96.7 Å². The SMILES string of the molecule is c1ccc2c(c1)ccc1cc(-c3ccc(N(c4ccc(-c5cccc6sc7ccccc7c56)cc4)c4cccc5oc6c7ccccc7ccc6c45)cc3)ccc12. The van der Waals surface area contributed by atoms with Crippen molar-refractivity contribution in [3.8, 4) is 22.3 Å². The first-order valence-electron chi connectivity index (χ1n) is 19.4. The van der Waals surface area contributed by atoms with Gasteiger partial charge in [0.2, 0.25) is 0 Å². The molecule has 0 unspecified atom stereocenters. The highest BCUT2D eigenvalue weighted by Gasteiger charge is 2.21. The van der Waals surface area contributed by atoms with E-state index in [-0.39, 0.29) is 0 Å². The van der Waals surface area contributed by atoms with E-state index in [1.165, 1.54) is 69.4 Å². The van der Waals surface area contributed by atoms with Crippen molar-refractivity contribution in [1.29, 1.82) is 0 Å². The summed E-state index contributed by atoms with van der Waals surface area (Å²) < 4.78 is 9.31. The molecule has 0 aliphatic heterocycles. The van der Waals surface area contributed by atoms with Crippen LogP contribution in [-0.2, 0) is 0 Å². The number of fused-ring (bicyclic) bond motifs is 11. The van der Waals surface area contributed by atoms with Crippen LogP contribution in [0.2, 0.25) is 0 Å². The number of benzene rings is 10. The second kappa shape index (κ2) is 12.7. The minimum atomic E-state index is 0.872. The maximum Gasteiger partial charge on any atom is 0.143 e. The summed E-state index contributed by atoms with van der Waals surface area (Å²) in [6.45, 7) is 0. The molecule has 2 heterocycles. The molecule has 12 aromatic rings. The predicted molar refractivity (Wildman–Crippen MR) is 245 cm³/mol. The Morgan fingerprint density at radius 1 is 0.368 bits per heavy atom. The maximum absolute atomic E-state index is 6.69. The number of hydrogen-bond donors (Lipinski definition) is 0. The third-order valence-electron chi connectivity index (χ3n) is 11.6. The van der Waals surface area contributed by atoms with Crippen molar-refractivity contribution in [2.75, 3.05) is 4.90 Å². The van der Waals surface area contributed by atoms with Gasteiger partial charge in [-0.3, -0.25) is 0 Å². The Morgan fingerprint density at radius 2 is 0.965 bits per heavy atom. The zero-order valence-corrected chi connectivity index (χ0v) is 31.6. The molecule has 12 rings (SSSR count). The fourth-order valence-corrected chi connectivity index (χ4v) is 10.1. The van der Waals surface area contributed by atoms with Gasteiger partial charge in [-0.1, -0.05) is 140 Å². The summed E-state index contributed by atoms with van der Waals surface area (Å²) >= 11 is 1.86. The van der Waals surface area contributed by atoms with Crippen LogP contribution in [0.4, 0.5) is 17.1 Å². The standard InChI is InChI=1S/C54H33NOS/c1-3-11-42-35(9-1)19-20-39-33-38(26-31-43(39)42)34-21-27-40(28-22-34)55(48-15-8-16-49-53(48)47-32-25-36-10-2-4-12-45(36)54(47)56-49)41-29-23-37(24-30-41)44-14-7-18-51-52(44)46-13-5-6-17-50(46)57-51/h1-33H. The molecule has 3 heteroatoms. The number of thiophene rings is 1. The van der Waals surface area contributed by atoms with Crippen LogP contribution in [0.1, 0.15) is 0 Å². The Hall–Kier alpha value is -7.20. The number of rotatable bonds is 5. The molecule has 0 N–H and O–H groups in total. The Morgan fingerprint density at radius 3 is 1.79 bits per heavy atom. The molecule has 0 saturated heterocycles. The highest BCUT2D eigenvalue weighted by molar-refractivity contribution is 7.25. The lowest BCUT2D eigenvalue weighted by Gasteiger charge is -2.26. The monoisotopic (exact) mass is 743 g/mol. The van der Waals surface area contributed by atoms with E-state index in [9.17, 15) is 0 Å². The van der Waals surface area contributed by atoms with Crippen LogP contribution in [-0.4, -0.2) is 0 Å². The topological polar surface area (TPSA) is 16.4 Å². The van der Waals surface area contributed by atoms with E-state index < -0.39 is 0 Å².